The van der Waals surface area contributed by atoms with Gasteiger partial charge in [0.15, 0.2) is 0 Å². The lowest BCUT2D eigenvalue weighted by molar-refractivity contribution is 0.266. The van der Waals surface area contributed by atoms with Gasteiger partial charge in [0.1, 0.15) is 0 Å². The zero-order chi connectivity index (χ0) is 5.86. The third kappa shape index (κ3) is 5.74. The van der Waals surface area contributed by atoms with Crippen LogP contribution < -0.4 is 11.6 Å². The van der Waals surface area contributed by atoms with Crippen molar-refractivity contribution >= 4 is 17.2 Å². The molecule has 0 aliphatic heterocycles. The van der Waals surface area contributed by atoms with Gasteiger partial charge < -0.3 is 5.73 Å². The number of primary amides is 1. The molecule has 5 heteroatoms. The highest BCUT2D eigenvalue weighted by molar-refractivity contribution is 8.11. The fourth-order valence-electron chi connectivity index (χ4n) is 0.142. The standard InChI is InChI=1S/C2H7N3OS/c1-5(4)7-2(3)6/h4H2,1H3,(H2,3,6). The molecule has 4 N–H and O–H groups in total. The normalized spacial score (nSPS) is 9.57. The van der Waals surface area contributed by atoms with Crippen molar-refractivity contribution in [3.05, 3.63) is 0 Å². The molecule has 7 heavy (non-hydrogen) atoms. The first-order chi connectivity index (χ1) is 3.13. The molecule has 0 aliphatic carbocycles. The Morgan fingerprint density at radius 3 is 2.29 bits per heavy atom. The smallest absolute Gasteiger partial charge is 0.292 e. The Hall–Kier alpha value is -0.260. The maximum Gasteiger partial charge on any atom is 0.292 e. The van der Waals surface area contributed by atoms with Crippen molar-refractivity contribution in [1.82, 2.24) is 4.41 Å². The van der Waals surface area contributed by atoms with Gasteiger partial charge in [0, 0.05) is 19.0 Å². The molecule has 0 aromatic rings. The number of nitrogens with two attached hydrogens (primary N) is 2. The maximum atomic E-state index is 9.87. The molecule has 0 saturated heterocycles. The summed E-state index contributed by atoms with van der Waals surface area (Å²) in [6, 6.07) is 0. The zero-order valence-electron chi connectivity index (χ0n) is 3.92. The lowest BCUT2D eigenvalue weighted by atomic mass is 11.5. The molecule has 0 bridgehead atoms. The number of amides is 1. The van der Waals surface area contributed by atoms with E-state index in [1.807, 2.05) is 0 Å². The van der Waals surface area contributed by atoms with Crippen LogP contribution in [0.2, 0.25) is 0 Å². The van der Waals surface area contributed by atoms with E-state index in [0.717, 1.165) is 16.4 Å². The van der Waals surface area contributed by atoms with E-state index < -0.39 is 5.24 Å². The van der Waals surface area contributed by atoms with Crippen molar-refractivity contribution in [2.45, 2.75) is 0 Å². The summed E-state index contributed by atoms with van der Waals surface area (Å²) in [6.07, 6.45) is 0. The summed E-state index contributed by atoms with van der Waals surface area (Å²) >= 11 is 0.759. The third-order valence-electron chi connectivity index (χ3n) is 0.234. The number of hydrazine groups is 1. The molecule has 0 rings (SSSR count). The van der Waals surface area contributed by atoms with Gasteiger partial charge >= 0.3 is 0 Å². The first-order valence-corrected chi connectivity index (χ1v) is 2.36. The lowest BCUT2D eigenvalue weighted by Gasteiger charge is -2.00. The van der Waals surface area contributed by atoms with Crippen LogP contribution in [0.25, 0.3) is 0 Å². The number of carbonyl (C=O) groups is 1. The van der Waals surface area contributed by atoms with E-state index in [2.05, 4.69) is 0 Å². The van der Waals surface area contributed by atoms with Gasteiger partial charge in [0.2, 0.25) is 0 Å². The Kier molecular flexibility index (Phi) is 2.73. The first-order valence-electron chi connectivity index (χ1n) is 1.58. The van der Waals surface area contributed by atoms with Crippen molar-refractivity contribution in [2.24, 2.45) is 11.6 Å². The first kappa shape index (κ1) is 6.74. The molecule has 0 aliphatic rings. The Bertz CT molecular complexity index is 73.3. The third-order valence-corrected chi connectivity index (χ3v) is 0.702. The molecule has 0 aromatic carbocycles. The average molecular weight is 121 g/mol. The fraction of sp³-hybridized carbons (Fsp3) is 0.500. The number of hydrogen-bond acceptors (Lipinski definition) is 4. The zero-order valence-corrected chi connectivity index (χ0v) is 4.73. The highest BCUT2D eigenvalue weighted by atomic mass is 32.2. The minimum atomic E-state index is -0.495. The topological polar surface area (TPSA) is 72.3 Å². The summed E-state index contributed by atoms with van der Waals surface area (Å²) in [4.78, 5) is 9.87. The Balaban J connectivity index is 3.13. The van der Waals surface area contributed by atoms with Crippen molar-refractivity contribution in [2.75, 3.05) is 7.05 Å². The summed E-state index contributed by atoms with van der Waals surface area (Å²) in [5, 5.41) is -0.495. The fourth-order valence-corrected chi connectivity index (χ4v) is 0.426. The molecule has 0 unspecified atom stereocenters. The summed E-state index contributed by atoms with van der Waals surface area (Å²) < 4.78 is 1.14. The summed E-state index contributed by atoms with van der Waals surface area (Å²) in [6.45, 7) is 0. The van der Waals surface area contributed by atoms with Crippen molar-refractivity contribution in [3.8, 4) is 0 Å². The second-order valence-electron chi connectivity index (χ2n) is 0.957. The molecule has 0 spiro atoms. The Morgan fingerprint density at radius 1 is 1.86 bits per heavy atom. The summed E-state index contributed by atoms with van der Waals surface area (Å²) in [5.74, 6) is 4.99. The highest BCUT2D eigenvalue weighted by Gasteiger charge is 1.94. The van der Waals surface area contributed by atoms with Crippen molar-refractivity contribution in [1.29, 1.82) is 0 Å². The molecule has 1 amide bonds. The summed E-state index contributed by atoms with van der Waals surface area (Å²) in [7, 11) is 1.54. The molecule has 0 fully saturated rings. The minimum absolute atomic E-state index is 0.495. The van der Waals surface area contributed by atoms with Crippen molar-refractivity contribution < 1.29 is 4.79 Å². The van der Waals surface area contributed by atoms with Crippen LogP contribution in [-0.4, -0.2) is 16.7 Å². The van der Waals surface area contributed by atoms with Crippen LogP contribution in [0, 0.1) is 0 Å². The van der Waals surface area contributed by atoms with Gasteiger partial charge in [-0.2, -0.15) is 4.41 Å². The van der Waals surface area contributed by atoms with Crippen LogP contribution in [0.1, 0.15) is 0 Å². The largest absolute Gasteiger partial charge is 0.359 e. The van der Waals surface area contributed by atoms with Crippen molar-refractivity contribution in [3.63, 3.8) is 0 Å². The van der Waals surface area contributed by atoms with Crippen LogP contribution >= 0.6 is 11.9 Å². The van der Waals surface area contributed by atoms with Crippen LogP contribution in [-0.2, 0) is 0 Å². The maximum absolute atomic E-state index is 9.87. The predicted molar refractivity (Wildman–Crippen MR) is 29.1 cm³/mol. The van der Waals surface area contributed by atoms with E-state index in [4.69, 9.17) is 11.6 Å². The van der Waals surface area contributed by atoms with Crippen LogP contribution in [0.5, 0.6) is 0 Å². The number of carbonyl (C=O) groups excluding carboxylic acids is 1. The number of rotatable bonds is 1. The molecule has 0 aromatic heterocycles. The molecule has 0 atom stereocenters. The van der Waals surface area contributed by atoms with Crippen LogP contribution in [0.15, 0.2) is 0 Å². The van der Waals surface area contributed by atoms with Gasteiger partial charge in [0.25, 0.3) is 5.24 Å². The van der Waals surface area contributed by atoms with E-state index in [9.17, 15) is 4.79 Å². The van der Waals surface area contributed by atoms with Gasteiger partial charge in [-0.15, -0.1) is 0 Å². The average Bonchev–Trinajstić information content (AvgIpc) is 1.27. The van der Waals surface area contributed by atoms with Crippen LogP contribution in [0.3, 0.4) is 0 Å². The molecule has 0 saturated carbocycles. The van der Waals surface area contributed by atoms with Gasteiger partial charge in [-0.3, -0.25) is 10.6 Å². The quantitative estimate of drug-likeness (QED) is 0.279. The minimum Gasteiger partial charge on any atom is -0.359 e. The predicted octanol–water partition coefficient (Wildman–Crippen LogP) is -0.481. The molecule has 0 radical (unpaired) electrons. The molecule has 4 nitrogen and oxygen atoms in total. The monoisotopic (exact) mass is 121 g/mol. The van der Waals surface area contributed by atoms with E-state index >= 15 is 0 Å². The summed E-state index contributed by atoms with van der Waals surface area (Å²) in [5.41, 5.74) is 4.70. The Morgan fingerprint density at radius 2 is 2.29 bits per heavy atom. The molecular weight excluding hydrogens is 114 g/mol. The van der Waals surface area contributed by atoms with E-state index in [1.165, 1.54) is 7.05 Å². The molecule has 42 valence electrons. The lowest BCUT2D eigenvalue weighted by Crippen LogP contribution is -2.21. The number of hydrogen-bond donors (Lipinski definition) is 2. The van der Waals surface area contributed by atoms with Gasteiger partial charge in [0.05, 0.1) is 0 Å². The Labute approximate surface area is 45.9 Å². The van der Waals surface area contributed by atoms with E-state index in [-0.39, 0.29) is 0 Å². The van der Waals surface area contributed by atoms with Gasteiger partial charge in [-0.1, -0.05) is 0 Å². The van der Waals surface area contributed by atoms with Gasteiger partial charge in [-0.25, -0.2) is 0 Å². The van der Waals surface area contributed by atoms with Gasteiger partial charge in [-0.05, 0) is 0 Å². The van der Waals surface area contributed by atoms with E-state index in [1.54, 1.807) is 0 Å². The number of nitrogens with zero attached hydrogens (tertiary/aromatic N) is 1. The second-order valence-corrected chi connectivity index (χ2v) is 2.12. The molecule has 0 heterocycles. The van der Waals surface area contributed by atoms with E-state index in [0.29, 0.717) is 0 Å². The SMILES string of the molecule is CN(N)SC(N)=O. The highest BCUT2D eigenvalue weighted by Crippen LogP contribution is 1.96. The van der Waals surface area contributed by atoms with Crippen LogP contribution in [0.4, 0.5) is 4.79 Å². The molecular formula is C2H7N3OS. The second kappa shape index (κ2) is 2.84.